The molecule has 0 aromatic heterocycles. The van der Waals surface area contributed by atoms with Gasteiger partial charge in [0.25, 0.3) is 5.69 Å². The molecule has 0 unspecified atom stereocenters. The summed E-state index contributed by atoms with van der Waals surface area (Å²) >= 11 is 0. The van der Waals surface area contributed by atoms with Gasteiger partial charge in [0.05, 0.1) is 10.5 Å². The van der Waals surface area contributed by atoms with Crippen LogP contribution in [-0.2, 0) is 28.9 Å². The van der Waals surface area contributed by atoms with Gasteiger partial charge in [0.1, 0.15) is 0 Å². The zero-order valence-electron chi connectivity index (χ0n) is 17.4. The van der Waals surface area contributed by atoms with E-state index in [2.05, 4.69) is 4.90 Å². The summed E-state index contributed by atoms with van der Waals surface area (Å²) in [4.78, 5) is 32.7. The Morgan fingerprint density at radius 3 is 1.82 bits per heavy atom. The van der Waals surface area contributed by atoms with Gasteiger partial charge < -0.3 is 10.2 Å². The Labute approximate surface area is 186 Å². The molecular weight excluding hydrogens is 447 g/mol. The van der Waals surface area contributed by atoms with E-state index >= 15 is 0 Å². The number of hydrogen-bond acceptors (Lipinski definition) is 6. The summed E-state index contributed by atoms with van der Waals surface area (Å²) in [6.45, 7) is 3.79. The Bertz CT molecular complexity index is 962. The number of nitro groups is 1. The average Bonchev–Trinajstić information content (AvgIpc) is 2.75. The minimum Gasteiger partial charge on any atom is -0.473 e. The quantitative estimate of drug-likeness (QED) is 0.389. The summed E-state index contributed by atoms with van der Waals surface area (Å²) in [6, 6.07) is 12.2. The number of carboxylic acids is 2. The number of carboxylic acid groups (broad SMARTS) is 2. The van der Waals surface area contributed by atoms with Crippen LogP contribution in [0.2, 0.25) is 0 Å². The Balaban J connectivity index is 0.000000569. The summed E-state index contributed by atoms with van der Waals surface area (Å²) in [5.41, 5.74) is 0.774. The smallest absolute Gasteiger partial charge is 0.416 e. The maximum atomic E-state index is 13.1. The van der Waals surface area contributed by atoms with E-state index in [9.17, 15) is 23.3 Å². The standard InChI is InChI=1S/C19H20F3N3O2.C2H2O4/c20-19(21,22)18-4-2-1-3-16(18)14-24-11-9-23(10-12-24)13-15-5-7-17(8-6-15)25(26)27;3-1(4)2(5)6/h1-8H,9-14H2;(H,3,4)(H,5,6). The van der Waals surface area contributed by atoms with Crippen LogP contribution in [0.25, 0.3) is 0 Å². The number of aliphatic carboxylic acids is 2. The molecule has 178 valence electrons. The van der Waals surface area contributed by atoms with E-state index in [1.54, 1.807) is 18.2 Å². The summed E-state index contributed by atoms with van der Waals surface area (Å²) in [5, 5.41) is 25.5. The predicted octanol–water partition coefficient (Wildman–Crippen LogP) is 3.09. The summed E-state index contributed by atoms with van der Waals surface area (Å²) in [5.74, 6) is -3.65. The lowest BCUT2D eigenvalue weighted by molar-refractivity contribution is -0.384. The average molecular weight is 469 g/mol. The van der Waals surface area contributed by atoms with Crippen LogP contribution in [0.1, 0.15) is 16.7 Å². The van der Waals surface area contributed by atoms with Gasteiger partial charge in [-0.2, -0.15) is 13.2 Å². The highest BCUT2D eigenvalue weighted by atomic mass is 19.4. The minimum absolute atomic E-state index is 0.0619. The number of nitrogens with zero attached hydrogens (tertiary/aromatic N) is 3. The molecule has 0 atom stereocenters. The maximum absolute atomic E-state index is 13.1. The van der Waals surface area contributed by atoms with E-state index in [0.717, 1.165) is 24.7 Å². The molecule has 0 aliphatic carbocycles. The number of piperazine rings is 1. The molecular formula is C21H22F3N3O6. The van der Waals surface area contributed by atoms with Gasteiger partial charge in [0.15, 0.2) is 0 Å². The Morgan fingerprint density at radius 1 is 0.879 bits per heavy atom. The molecule has 12 heteroatoms. The SMILES string of the molecule is O=C(O)C(=O)O.O=[N+]([O-])c1ccc(CN2CCN(Cc3ccccc3C(F)(F)F)CC2)cc1. The van der Waals surface area contributed by atoms with Gasteiger partial charge in [-0.05, 0) is 17.2 Å². The van der Waals surface area contributed by atoms with Crippen LogP contribution in [0.5, 0.6) is 0 Å². The van der Waals surface area contributed by atoms with Crippen molar-refractivity contribution < 1.29 is 37.9 Å². The minimum atomic E-state index is -4.34. The zero-order valence-corrected chi connectivity index (χ0v) is 17.4. The number of hydrogen-bond donors (Lipinski definition) is 2. The highest BCUT2D eigenvalue weighted by Crippen LogP contribution is 2.32. The van der Waals surface area contributed by atoms with E-state index in [1.807, 2.05) is 4.90 Å². The second-order valence-corrected chi connectivity index (χ2v) is 7.24. The molecule has 0 spiro atoms. The van der Waals surface area contributed by atoms with Gasteiger partial charge >= 0.3 is 18.1 Å². The van der Waals surface area contributed by atoms with Crippen LogP contribution in [0.15, 0.2) is 48.5 Å². The van der Waals surface area contributed by atoms with Gasteiger partial charge in [-0.25, -0.2) is 9.59 Å². The molecule has 1 saturated heterocycles. The molecule has 2 aromatic rings. The fourth-order valence-electron chi connectivity index (χ4n) is 3.26. The highest BCUT2D eigenvalue weighted by Gasteiger charge is 2.33. The largest absolute Gasteiger partial charge is 0.473 e. The van der Waals surface area contributed by atoms with Crippen molar-refractivity contribution in [1.29, 1.82) is 0 Å². The maximum Gasteiger partial charge on any atom is 0.416 e. The van der Waals surface area contributed by atoms with E-state index in [4.69, 9.17) is 19.8 Å². The fraction of sp³-hybridized carbons (Fsp3) is 0.333. The molecule has 2 N–H and O–H groups in total. The van der Waals surface area contributed by atoms with E-state index in [1.165, 1.54) is 24.3 Å². The topological polar surface area (TPSA) is 124 Å². The van der Waals surface area contributed by atoms with Gasteiger partial charge in [0.2, 0.25) is 0 Å². The van der Waals surface area contributed by atoms with Crippen molar-refractivity contribution >= 4 is 17.6 Å². The summed E-state index contributed by atoms with van der Waals surface area (Å²) in [7, 11) is 0. The molecule has 1 heterocycles. The molecule has 0 saturated carbocycles. The molecule has 9 nitrogen and oxygen atoms in total. The van der Waals surface area contributed by atoms with Crippen molar-refractivity contribution in [2.45, 2.75) is 19.3 Å². The number of non-ortho nitro benzene ring substituents is 1. The van der Waals surface area contributed by atoms with Crippen LogP contribution in [0, 0.1) is 10.1 Å². The van der Waals surface area contributed by atoms with Crippen molar-refractivity contribution in [2.75, 3.05) is 26.2 Å². The van der Waals surface area contributed by atoms with Crippen LogP contribution in [0.3, 0.4) is 0 Å². The van der Waals surface area contributed by atoms with Gasteiger partial charge in [-0.15, -0.1) is 0 Å². The number of nitro benzene ring substituents is 1. The van der Waals surface area contributed by atoms with E-state index in [-0.39, 0.29) is 12.2 Å². The third kappa shape index (κ3) is 8.16. The predicted molar refractivity (Wildman–Crippen MR) is 110 cm³/mol. The molecule has 1 fully saturated rings. The third-order valence-corrected chi connectivity index (χ3v) is 4.92. The summed E-state index contributed by atoms with van der Waals surface area (Å²) in [6.07, 6.45) is -4.34. The van der Waals surface area contributed by atoms with Crippen molar-refractivity contribution in [2.24, 2.45) is 0 Å². The first-order valence-corrected chi connectivity index (χ1v) is 9.76. The molecule has 0 radical (unpaired) electrons. The Hall–Kier alpha value is -3.51. The first kappa shape index (κ1) is 25.7. The van der Waals surface area contributed by atoms with Crippen molar-refractivity contribution in [3.05, 3.63) is 75.3 Å². The monoisotopic (exact) mass is 469 g/mol. The molecule has 1 aliphatic heterocycles. The highest BCUT2D eigenvalue weighted by molar-refractivity contribution is 6.27. The number of rotatable bonds is 5. The second kappa shape index (κ2) is 11.4. The molecule has 3 rings (SSSR count). The fourth-order valence-corrected chi connectivity index (χ4v) is 3.26. The zero-order chi connectivity index (χ0) is 24.6. The van der Waals surface area contributed by atoms with Gasteiger partial charge in [-0.1, -0.05) is 30.3 Å². The summed E-state index contributed by atoms with van der Waals surface area (Å²) < 4.78 is 39.3. The number of benzene rings is 2. The Kier molecular flexibility index (Phi) is 8.88. The van der Waals surface area contributed by atoms with Gasteiger partial charge in [-0.3, -0.25) is 19.9 Å². The number of carbonyl (C=O) groups is 2. The van der Waals surface area contributed by atoms with Gasteiger partial charge in [0, 0.05) is 51.4 Å². The molecule has 0 bridgehead atoms. The van der Waals surface area contributed by atoms with Crippen LogP contribution in [0.4, 0.5) is 18.9 Å². The lowest BCUT2D eigenvalue weighted by atomic mass is 10.1. The first-order valence-electron chi connectivity index (χ1n) is 9.76. The van der Waals surface area contributed by atoms with E-state index in [0.29, 0.717) is 25.2 Å². The third-order valence-electron chi connectivity index (χ3n) is 4.92. The molecule has 33 heavy (non-hydrogen) atoms. The second-order valence-electron chi connectivity index (χ2n) is 7.24. The number of halogens is 3. The molecule has 0 amide bonds. The molecule has 1 aliphatic rings. The lowest BCUT2D eigenvalue weighted by Crippen LogP contribution is -2.45. The van der Waals surface area contributed by atoms with E-state index < -0.39 is 28.6 Å². The Morgan fingerprint density at radius 2 is 1.36 bits per heavy atom. The van der Waals surface area contributed by atoms with Crippen LogP contribution in [-0.4, -0.2) is 63.1 Å². The van der Waals surface area contributed by atoms with Crippen LogP contribution < -0.4 is 0 Å². The van der Waals surface area contributed by atoms with Crippen molar-refractivity contribution in [1.82, 2.24) is 9.80 Å². The van der Waals surface area contributed by atoms with Crippen molar-refractivity contribution in [3.8, 4) is 0 Å². The number of alkyl halides is 3. The van der Waals surface area contributed by atoms with Crippen LogP contribution >= 0.6 is 0 Å². The normalized spacial score (nSPS) is 14.8. The lowest BCUT2D eigenvalue weighted by Gasteiger charge is -2.35. The first-order chi connectivity index (χ1) is 15.5. The molecule has 2 aromatic carbocycles. The van der Waals surface area contributed by atoms with Crippen molar-refractivity contribution in [3.63, 3.8) is 0 Å².